The molecule has 1 N–H and O–H groups in total. The number of ether oxygens (including phenoxy) is 2. The monoisotopic (exact) mass is 397 g/mol. The van der Waals surface area contributed by atoms with Crippen LogP contribution in [0, 0.1) is 0 Å². The second kappa shape index (κ2) is 8.22. The van der Waals surface area contributed by atoms with Gasteiger partial charge in [0.1, 0.15) is 11.5 Å². The van der Waals surface area contributed by atoms with Gasteiger partial charge in [-0.2, -0.15) is 0 Å². The first kappa shape index (κ1) is 17.6. The Labute approximate surface area is 148 Å². The average Bonchev–Trinajstić information content (AvgIpc) is 2.53. The third-order valence-corrected chi connectivity index (χ3v) is 3.85. The molecule has 4 nitrogen and oxygen atoms in total. The zero-order chi connectivity index (χ0) is 16.8. The van der Waals surface area contributed by atoms with Gasteiger partial charge in [0, 0.05) is 10.2 Å². The van der Waals surface area contributed by atoms with E-state index in [2.05, 4.69) is 21.2 Å². The summed E-state index contributed by atoms with van der Waals surface area (Å²) in [5, 5.41) is 3.25. The predicted molar refractivity (Wildman–Crippen MR) is 95.9 cm³/mol. The molecule has 2 aromatic rings. The number of halogens is 2. The van der Waals surface area contributed by atoms with Crippen LogP contribution in [0.25, 0.3) is 0 Å². The highest BCUT2D eigenvalue weighted by Crippen LogP contribution is 2.29. The molecule has 0 saturated heterocycles. The number of amides is 1. The first-order chi connectivity index (χ1) is 11.0. The molecule has 23 heavy (non-hydrogen) atoms. The Morgan fingerprint density at radius 1 is 1.22 bits per heavy atom. The molecule has 0 unspecified atom stereocenters. The number of benzene rings is 2. The molecule has 0 spiro atoms. The maximum absolute atomic E-state index is 12.5. The lowest BCUT2D eigenvalue weighted by atomic mass is 10.2. The third-order valence-electron chi connectivity index (χ3n) is 3.06. The molecule has 2 aromatic carbocycles. The van der Waals surface area contributed by atoms with Crippen molar-refractivity contribution in [1.82, 2.24) is 0 Å². The summed E-state index contributed by atoms with van der Waals surface area (Å²) in [6.45, 7) is 2.56. The van der Waals surface area contributed by atoms with Crippen LogP contribution >= 0.6 is 27.5 Å². The number of hydrogen-bond donors (Lipinski definition) is 1. The van der Waals surface area contributed by atoms with E-state index < -0.39 is 0 Å². The van der Waals surface area contributed by atoms with Gasteiger partial charge < -0.3 is 14.8 Å². The van der Waals surface area contributed by atoms with Gasteiger partial charge in [-0.3, -0.25) is 4.79 Å². The third kappa shape index (κ3) is 4.62. The van der Waals surface area contributed by atoms with Crippen LogP contribution in [-0.4, -0.2) is 19.6 Å². The van der Waals surface area contributed by atoms with E-state index in [1.54, 1.807) is 30.3 Å². The van der Waals surface area contributed by atoms with Crippen molar-refractivity contribution in [1.29, 1.82) is 0 Å². The van der Waals surface area contributed by atoms with Crippen molar-refractivity contribution in [2.75, 3.05) is 19.0 Å². The summed E-state index contributed by atoms with van der Waals surface area (Å²) in [5.74, 6) is 0.838. The molecule has 122 valence electrons. The van der Waals surface area contributed by atoms with Gasteiger partial charge in [0.15, 0.2) is 0 Å². The first-order valence-electron chi connectivity index (χ1n) is 7.12. The molecule has 0 heterocycles. The fourth-order valence-electron chi connectivity index (χ4n) is 1.96. The van der Waals surface area contributed by atoms with Crippen molar-refractivity contribution < 1.29 is 14.3 Å². The molecular formula is C17H17BrClNO3. The van der Waals surface area contributed by atoms with Crippen molar-refractivity contribution in [3.8, 4) is 11.5 Å². The minimum Gasteiger partial charge on any atom is -0.495 e. The number of anilines is 1. The van der Waals surface area contributed by atoms with Crippen LogP contribution in [0.15, 0.2) is 40.9 Å². The average molecular weight is 399 g/mol. The number of carbonyl (C=O) groups is 1. The Bertz CT molecular complexity index is 706. The summed E-state index contributed by atoms with van der Waals surface area (Å²) in [5.41, 5.74) is 1.04. The second-order valence-electron chi connectivity index (χ2n) is 4.79. The molecule has 2 rings (SSSR count). The molecule has 6 heteroatoms. The van der Waals surface area contributed by atoms with Crippen LogP contribution in [0.1, 0.15) is 23.7 Å². The minimum atomic E-state index is -0.265. The zero-order valence-corrected chi connectivity index (χ0v) is 15.2. The van der Waals surface area contributed by atoms with Gasteiger partial charge in [-0.1, -0.05) is 34.5 Å². The highest BCUT2D eigenvalue weighted by molar-refractivity contribution is 9.10. The fourth-order valence-corrected chi connectivity index (χ4v) is 2.58. The van der Waals surface area contributed by atoms with E-state index in [1.807, 2.05) is 13.0 Å². The molecule has 0 bridgehead atoms. The number of nitrogens with one attached hydrogen (secondary N) is 1. The van der Waals surface area contributed by atoms with Crippen molar-refractivity contribution in [3.05, 3.63) is 51.5 Å². The Morgan fingerprint density at radius 2 is 1.96 bits per heavy atom. The highest BCUT2D eigenvalue weighted by atomic mass is 79.9. The van der Waals surface area contributed by atoms with E-state index >= 15 is 0 Å². The van der Waals surface area contributed by atoms with Gasteiger partial charge in [-0.15, -0.1) is 0 Å². The van der Waals surface area contributed by atoms with E-state index in [1.165, 1.54) is 7.11 Å². The molecule has 0 aliphatic heterocycles. The van der Waals surface area contributed by atoms with Crippen LogP contribution in [-0.2, 0) is 0 Å². The molecule has 0 fully saturated rings. The summed E-state index contributed by atoms with van der Waals surface area (Å²) in [4.78, 5) is 12.5. The van der Waals surface area contributed by atoms with Gasteiger partial charge in [-0.25, -0.2) is 0 Å². The normalized spacial score (nSPS) is 10.3. The lowest BCUT2D eigenvalue weighted by Crippen LogP contribution is -2.14. The summed E-state index contributed by atoms with van der Waals surface area (Å²) < 4.78 is 11.5. The summed E-state index contributed by atoms with van der Waals surface area (Å²) in [7, 11) is 1.54. The van der Waals surface area contributed by atoms with Crippen molar-refractivity contribution in [3.63, 3.8) is 0 Å². The molecule has 0 atom stereocenters. The smallest absolute Gasteiger partial charge is 0.259 e. The Balaban J connectivity index is 2.23. The topological polar surface area (TPSA) is 47.6 Å². The summed E-state index contributed by atoms with van der Waals surface area (Å²) in [6.07, 6.45) is 0.866. The first-order valence-corrected chi connectivity index (χ1v) is 8.29. The quantitative estimate of drug-likeness (QED) is 0.732. The lowest BCUT2D eigenvalue weighted by molar-refractivity contribution is 0.102. The molecule has 0 aromatic heterocycles. The molecular weight excluding hydrogens is 382 g/mol. The fraction of sp³-hybridized carbons (Fsp3) is 0.235. The van der Waals surface area contributed by atoms with E-state index in [0.29, 0.717) is 34.4 Å². The Morgan fingerprint density at radius 3 is 2.61 bits per heavy atom. The number of hydrogen-bond acceptors (Lipinski definition) is 3. The van der Waals surface area contributed by atoms with Crippen LogP contribution in [0.3, 0.4) is 0 Å². The SMILES string of the molecule is CCCOc1ccc(Br)cc1C(=O)Nc1ccc(OC)c(Cl)c1. The molecule has 1 amide bonds. The van der Waals surface area contributed by atoms with Crippen LogP contribution in [0.5, 0.6) is 11.5 Å². The molecule has 0 aliphatic carbocycles. The minimum absolute atomic E-state index is 0.265. The van der Waals surface area contributed by atoms with Gasteiger partial charge in [0.2, 0.25) is 0 Å². The summed E-state index contributed by atoms with van der Waals surface area (Å²) in [6, 6.07) is 10.4. The van der Waals surface area contributed by atoms with Crippen LogP contribution in [0.2, 0.25) is 5.02 Å². The molecule has 0 radical (unpaired) electrons. The van der Waals surface area contributed by atoms with Crippen molar-refractivity contribution in [2.24, 2.45) is 0 Å². The van der Waals surface area contributed by atoms with Crippen molar-refractivity contribution >= 4 is 39.1 Å². The summed E-state index contributed by atoms with van der Waals surface area (Å²) >= 11 is 9.45. The number of methoxy groups -OCH3 is 1. The molecule has 0 saturated carbocycles. The van der Waals surface area contributed by atoms with Gasteiger partial charge in [-0.05, 0) is 42.8 Å². The maximum atomic E-state index is 12.5. The lowest BCUT2D eigenvalue weighted by Gasteiger charge is -2.12. The van der Waals surface area contributed by atoms with Crippen LogP contribution in [0.4, 0.5) is 5.69 Å². The predicted octanol–water partition coefficient (Wildman–Crippen LogP) is 5.15. The largest absolute Gasteiger partial charge is 0.495 e. The van der Waals surface area contributed by atoms with E-state index in [9.17, 15) is 4.79 Å². The van der Waals surface area contributed by atoms with Gasteiger partial charge >= 0.3 is 0 Å². The van der Waals surface area contributed by atoms with Crippen molar-refractivity contribution in [2.45, 2.75) is 13.3 Å². The number of rotatable bonds is 6. The second-order valence-corrected chi connectivity index (χ2v) is 6.12. The van der Waals surface area contributed by atoms with E-state index in [0.717, 1.165) is 10.9 Å². The zero-order valence-electron chi connectivity index (χ0n) is 12.9. The van der Waals surface area contributed by atoms with Gasteiger partial charge in [0.05, 0.1) is 24.3 Å². The standard InChI is InChI=1S/C17H17BrClNO3/c1-3-8-23-15-6-4-11(18)9-13(15)17(21)20-12-5-7-16(22-2)14(19)10-12/h4-7,9-10H,3,8H2,1-2H3,(H,20,21). The van der Waals surface area contributed by atoms with Crippen LogP contribution < -0.4 is 14.8 Å². The molecule has 0 aliphatic rings. The Kier molecular flexibility index (Phi) is 6.30. The number of carbonyl (C=O) groups excluding carboxylic acids is 1. The highest BCUT2D eigenvalue weighted by Gasteiger charge is 2.14. The van der Waals surface area contributed by atoms with Gasteiger partial charge in [0.25, 0.3) is 5.91 Å². The van der Waals surface area contributed by atoms with E-state index in [-0.39, 0.29) is 5.91 Å². The Hall–Kier alpha value is -1.72. The maximum Gasteiger partial charge on any atom is 0.259 e. The van der Waals surface area contributed by atoms with E-state index in [4.69, 9.17) is 21.1 Å².